The zero-order chi connectivity index (χ0) is 19.4. The Balaban J connectivity index is 1.75. The number of anilines is 3. The lowest BCUT2D eigenvalue weighted by atomic mass is 10.1. The zero-order valence-electron chi connectivity index (χ0n) is 15.5. The summed E-state index contributed by atoms with van der Waals surface area (Å²) in [5, 5.41) is 6.13. The minimum Gasteiger partial charge on any atom is -0.355 e. The number of carbonyl (C=O) groups excluding carboxylic acids is 2. The molecular formula is C22H21N3O2. The number of benzene rings is 2. The van der Waals surface area contributed by atoms with Crippen molar-refractivity contribution in [1.29, 1.82) is 0 Å². The summed E-state index contributed by atoms with van der Waals surface area (Å²) in [6, 6.07) is 16.5. The molecule has 0 fully saturated rings. The number of hydrogen-bond donors (Lipinski definition) is 2. The predicted octanol–water partition coefficient (Wildman–Crippen LogP) is 4.90. The minimum atomic E-state index is -0.310. The Bertz CT molecular complexity index is 995. The van der Waals surface area contributed by atoms with Gasteiger partial charge in [0.15, 0.2) is 5.78 Å². The third kappa shape index (κ3) is 4.58. The SMILES string of the molecule is CC(=O)c1ccc(NC(=O)c2cc(Nc3cc(C)ccc3C)ccn2)cc1. The molecule has 0 saturated carbocycles. The van der Waals surface area contributed by atoms with Crippen LogP contribution in [0.3, 0.4) is 0 Å². The maximum Gasteiger partial charge on any atom is 0.274 e. The molecule has 0 bridgehead atoms. The van der Waals surface area contributed by atoms with E-state index in [1.165, 1.54) is 6.92 Å². The Hall–Kier alpha value is -3.47. The number of amides is 1. The number of nitrogens with one attached hydrogen (secondary N) is 2. The molecule has 0 saturated heterocycles. The third-order valence-electron chi connectivity index (χ3n) is 4.21. The van der Waals surface area contributed by atoms with E-state index in [1.807, 2.05) is 19.9 Å². The van der Waals surface area contributed by atoms with Gasteiger partial charge in [-0.2, -0.15) is 0 Å². The number of ketones is 1. The number of carbonyl (C=O) groups is 2. The zero-order valence-corrected chi connectivity index (χ0v) is 15.5. The molecule has 3 rings (SSSR count). The number of aromatic nitrogens is 1. The summed E-state index contributed by atoms with van der Waals surface area (Å²) in [4.78, 5) is 28.0. The van der Waals surface area contributed by atoms with E-state index in [-0.39, 0.29) is 11.7 Å². The minimum absolute atomic E-state index is 0.0141. The van der Waals surface area contributed by atoms with Gasteiger partial charge in [0.25, 0.3) is 5.91 Å². The number of aryl methyl sites for hydroxylation is 2. The van der Waals surface area contributed by atoms with Crippen molar-refractivity contribution in [3.8, 4) is 0 Å². The average Bonchev–Trinajstić information content (AvgIpc) is 2.65. The molecule has 0 aliphatic carbocycles. The van der Waals surface area contributed by atoms with E-state index in [0.29, 0.717) is 16.9 Å². The van der Waals surface area contributed by atoms with Crippen molar-refractivity contribution in [2.24, 2.45) is 0 Å². The smallest absolute Gasteiger partial charge is 0.274 e. The number of hydrogen-bond acceptors (Lipinski definition) is 4. The largest absolute Gasteiger partial charge is 0.355 e. The van der Waals surface area contributed by atoms with Crippen LogP contribution in [0.15, 0.2) is 60.8 Å². The number of pyridine rings is 1. The van der Waals surface area contributed by atoms with Gasteiger partial charge in [0.1, 0.15) is 5.69 Å². The Morgan fingerprint density at radius 3 is 2.33 bits per heavy atom. The summed E-state index contributed by atoms with van der Waals surface area (Å²) in [7, 11) is 0. The highest BCUT2D eigenvalue weighted by molar-refractivity contribution is 6.03. The topological polar surface area (TPSA) is 71.1 Å². The first-order valence-electron chi connectivity index (χ1n) is 8.65. The molecule has 2 aromatic carbocycles. The molecule has 0 radical (unpaired) electrons. The lowest BCUT2D eigenvalue weighted by Gasteiger charge is -2.11. The molecular weight excluding hydrogens is 338 g/mol. The van der Waals surface area contributed by atoms with Gasteiger partial charge >= 0.3 is 0 Å². The number of rotatable bonds is 5. The lowest BCUT2D eigenvalue weighted by Crippen LogP contribution is -2.14. The Morgan fingerprint density at radius 1 is 0.889 bits per heavy atom. The molecule has 136 valence electrons. The molecule has 5 nitrogen and oxygen atoms in total. The Kier molecular flexibility index (Phi) is 5.31. The molecule has 0 spiro atoms. The summed E-state index contributed by atoms with van der Waals surface area (Å²) in [6.07, 6.45) is 1.60. The van der Waals surface area contributed by atoms with Gasteiger partial charge in [-0.1, -0.05) is 12.1 Å². The lowest BCUT2D eigenvalue weighted by molar-refractivity contribution is 0.101. The van der Waals surface area contributed by atoms with Crippen LogP contribution in [0.4, 0.5) is 17.1 Å². The molecule has 0 aliphatic rings. The van der Waals surface area contributed by atoms with Gasteiger partial charge in [-0.25, -0.2) is 0 Å². The van der Waals surface area contributed by atoms with E-state index >= 15 is 0 Å². The first-order valence-corrected chi connectivity index (χ1v) is 8.65. The molecule has 0 atom stereocenters. The normalized spacial score (nSPS) is 10.3. The van der Waals surface area contributed by atoms with Crippen molar-refractivity contribution in [1.82, 2.24) is 4.98 Å². The van der Waals surface area contributed by atoms with E-state index in [2.05, 4.69) is 33.8 Å². The summed E-state index contributed by atoms with van der Waals surface area (Å²) < 4.78 is 0. The van der Waals surface area contributed by atoms with Crippen molar-refractivity contribution in [3.05, 3.63) is 83.2 Å². The molecule has 0 unspecified atom stereocenters. The van der Waals surface area contributed by atoms with E-state index in [0.717, 1.165) is 22.5 Å². The molecule has 5 heteroatoms. The third-order valence-corrected chi connectivity index (χ3v) is 4.21. The second-order valence-corrected chi connectivity index (χ2v) is 6.46. The van der Waals surface area contributed by atoms with E-state index in [9.17, 15) is 9.59 Å². The molecule has 3 aromatic rings. The van der Waals surface area contributed by atoms with Crippen molar-refractivity contribution >= 4 is 28.8 Å². The van der Waals surface area contributed by atoms with Gasteiger partial charge in [-0.15, -0.1) is 0 Å². The van der Waals surface area contributed by atoms with Crippen LogP contribution in [0.5, 0.6) is 0 Å². The van der Waals surface area contributed by atoms with Gasteiger partial charge in [0.05, 0.1) is 0 Å². The van der Waals surface area contributed by atoms with Crippen LogP contribution in [0.25, 0.3) is 0 Å². The quantitative estimate of drug-likeness (QED) is 0.636. The Labute approximate surface area is 158 Å². The summed E-state index contributed by atoms with van der Waals surface area (Å²) >= 11 is 0. The van der Waals surface area contributed by atoms with E-state index in [4.69, 9.17) is 0 Å². The average molecular weight is 359 g/mol. The summed E-state index contributed by atoms with van der Waals surface area (Å²) in [5.74, 6) is -0.324. The highest BCUT2D eigenvalue weighted by Crippen LogP contribution is 2.22. The van der Waals surface area contributed by atoms with Gasteiger partial charge in [-0.05, 0) is 74.4 Å². The van der Waals surface area contributed by atoms with Gasteiger partial charge in [-0.3, -0.25) is 14.6 Å². The summed E-state index contributed by atoms with van der Waals surface area (Å²) in [5.41, 5.74) is 5.58. The van der Waals surface area contributed by atoms with E-state index in [1.54, 1.807) is 36.5 Å². The van der Waals surface area contributed by atoms with Gasteiger partial charge < -0.3 is 10.6 Å². The monoisotopic (exact) mass is 359 g/mol. The van der Waals surface area contributed by atoms with Crippen molar-refractivity contribution in [2.45, 2.75) is 20.8 Å². The van der Waals surface area contributed by atoms with Gasteiger partial charge in [0.2, 0.25) is 0 Å². The van der Waals surface area contributed by atoms with Gasteiger partial charge in [0, 0.05) is 28.8 Å². The number of nitrogens with zero attached hydrogens (tertiary/aromatic N) is 1. The highest BCUT2D eigenvalue weighted by atomic mass is 16.2. The summed E-state index contributed by atoms with van der Waals surface area (Å²) in [6.45, 7) is 5.57. The second kappa shape index (κ2) is 7.83. The predicted molar refractivity (Wildman–Crippen MR) is 108 cm³/mol. The van der Waals surface area contributed by atoms with Crippen LogP contribution >= 0.6 is 0 Å². The standard InChI is InChI=1S/C22H21N3O2/c1-14-4-5-15(2)20(12-14)24-19-10-11-23-21(13-19)22(27)25-18-8-6-17(7-9-18)16(3)26/h4-13H,1-3H3,(H,23,24)(H,25,27). The van der Waals surface area contributed by atoms with Crippen LogP contribution in [0.1, 0.15) is 38.9 Å². The highest BCUT2D eigenvalue weighted by Gasteiger charge is 2.10. The molecule has 27 heavy (non-hydrogen) atoms. The van der Waals surface area contributed by atoms with Crippen LogP contribution in [-0.4, -0.2) is 16.7 Å². The van der Waals surface area contributed by atoms with Crippen LogP contribution in [-0.2, 0) is 0 Å². The molecule has 1 aromatic heterocycles. The van der Waals surface area contributed by atoms with Crippen molar-refractivity contribution in [2.75, 3.05) is 10.6 Å². The molecule has 0 aliphatic heterocycles. The maximum atomic E-state index is 12.5. The fraction of sp³-hybridized carbons (Fsp3) is 0.136. The van der Waals surface area contributed by atoms with Crippen LogP contribution in [0, 0.1) is 13.8 Å². The first-order chi connectivity index (χ1) is 12.9. The van der Waals surface area contributed by atoms with Crippen molar-refractivity contribution in [3.63, 3.8) is 0 Å². The number of Topliss-reactive ketones (excluding diaryl/α,β-unsaturated/α-hetero) is 1. The van der Waals surface area contributed by atoms with Crippen LogP contribution < -0.4 is 10.6 Å². The fourth-order valence-electron chi connectivity index (χ4n) is 2.64. The molecule has 1 heterocycles. The maximum absolute atomic E-state index is 12.5. The van der Waals surface area contributed by atoms with Crippen molar-refractivity contribution < 1.29 is 9.59 Å². The van der Waals surface area contributed by atoms with Crippen LogP contribution in [0.2, 0.25) is 0 Å². The van der Waals surface area contributed by atoms with E-state index < -0.39 is 0 Å². The molecule has 1 amide bonds. The Morgan fingerprint density at radius 2 is 1.63 bits per heavy atom. The second-order valence-electron chi connectivity index (χ2n) is 6.46. The fourth-order valence-corrected chi connectivity index (χ4v) is 2.64. The molecule has 2 N–H and O–H groups in total. The first kappa shape index (κ1) is 18.3.